The molecule has 43 heavy (non-hydrogen) atoms. The number of hydrogen-bond acceptors (Lipinski definition) is 7. The van der Waals surface area contributed by atoms with Crippen LogP contribution in [0.5, 0.6) is 0 Å². The summed E-state index contributed by atoms with van der Waals surface area (Å²) in [4.78, 5) is 33.8. The molecule has 8 nitrogen and oxygen atoms in total. The number of anilines is 1. The third-order valence-electron chi connectivity index (χ3n) is 7.66. The van der Waals surface area contributed by atoms with E-state index in [1.165, 1.54) is 17.8 Å². The summed E-state index contributed by atoms with van der Waals surface area (Å²) >= 11 is 1.03. The Bertz CT molecular complexity index is 1650. The molecule has 0 unspecified atom stereocenters. The monoisotopic (exact) mass is 624 g/mol. The second-order valence-electron chi connectivity index (χ2n) is 10.5. The lowest BCUT2D eigenvalue weighted by atomic mass is 9.95. The summed E-state index contributed by atoms with van der Waals surface area (Å²) in [5.41, 5.74) is -2.63. The van der Waals surface area contributed by atoms with Crippen molar-refractivity contribution in [2.75, 3.05) is 44.3 Å². The molecule has 230 valence electrons. The van der Waals surface area contributed by atoms with Crippen LogP contribution in [0.25, 0.3) is 22.0 Å². The largest absolute Gasteiger partial charge is 0.417 e. The Morgan fingerprint density at radius 3 is 2.58 bits per heavy atom. The molecule has 1 saturated heterocycles. The summed E-state index contributed by atoms with van der Waals surface area (Å²) in [5, 5.41) is 0.0414. The Labute approximate surface area is 248 Å². The number of methoxy groups -OCH3 is 1. The minimum absolute atomic E-state index is 0.00730. The van der Waals surface area contributed by atoms with E-state index in [9.17, 15) is 27.2 Å². The first-order valence-electron chi connectivity index (χ1n) is 13.4. The number of carbonyl (C=O) groups excluding carboxylic acids is 1. The van der Waals surface area contributed by atoms with Crippen LogP contribution in [0.2, 0.25) is 0 Å². The van der Waals surface area contributed by atoms with Crippen molar-refractivity contribution >= 4 is 34.4 Å². The zero-order valence-electron chi connectivity index (χ0n) is 23.6. The SMILES string of the molecule is C=CC(=O)N1C[C@H](C)N(c2nc(=O)n3c4c(c(-c5ccc(F)cc5F)c(C(F)(F)F)cc24)SC[C@@H]3COCOC)C[C@H]1C. The van der Waals surface area contributed by atoms with Crippen LogP contribution in [0.15, 0.2) is 46.6 Å². The molecule has 2 aliphatic rings. The Morgan fingerprint density at radius 2 is 1.93 bits per heavy atom. The van der Waals surface area contributed by atoms with Gasteiger partial charge in [0.1, 0.15) is 24.2 Å². The molecule has 1 aromatic heterocycles. The van der Waals surface area contributed by atoms with Crippen molar-refractivity contribution in [1.82, 2.24) is 14.5 Å². The van der Waals surface area contributed by atoms with Crippen LogP contribution in [0.4, 0.5) is 27.8 Å². The number of thioether (sulfide) groups is 1. The molecule has 1 fully saturated rings. The number of ether oxygens (including phenoxy) is 2. The first-order valence-corrected chi connectivity index (χ1v) is 14.4. The molecular weight excluding hydrogens is 595 g/mol. The van der Waals surface area contributed by atoms with Crippen molar-refractivity contribution in [2.45, 2.75) is 43.0 Å². The second kappa shape index (κ2) is 11.9. The highest BCUT2D eigenvalue weighted by atomic mass is 32.2. The molecule has 2 aromatic carbocycles. The van der Waals surface area contributed by atoms with Crippen LogP contribution in [0.3, 0.4) is 0 Å². The van der Waals surface area contributed by atoms with Gasteiger partial charge in [-0.25, -0.2) is 13.6 Å². The third-order valence-corrected chi connectivity index (χ3v) is 8.90. The van der Waals surface area contributed by atoms with Gasteiger partial charge in [-0.15, -0.1) is 11.8 Å². The highest BCUT2D eigenvalue weighted by Gasteiger charge is 2.41. The fourth-order valence-electron chi connectivity index (χ4n) is 5.73. The number of benzene rings is 2. The highest BCUT2D eigenvalue weighted by molar-refractivity contribution is 7.99. The summed E-state index contributed by atoms with van der Waals surface area (Å²) in [6, 6.07) is 1.86. The quantitative estimate of drug-likeness (QED) is 0.154. The number of carbonyl (C=O) groups is 1. The van der Waals surface area contributed by atoms with Crippen LogP contribution in [0, 0.1) is 11.6 Å². The summed E-state index contributed by atoms with van der Waals surface area (Å²) in [5.74, 6) is -2.24. The van der Waals surface area contributed by atoms with Crippen LogP contribution in [-0.4, -0.2) is 71.8 Å². The fraction of sp³-hybridized carbons (Fsp3) is 0.414. The third kappa shape index (κ3) is 5.63. The van der Waals surface area contributed by atoms with E-state index >= 15 is 4.39 Å². The molecule has 2 aliphatic heterocycles. The van der Waals surface area contributed by atoms with E-state index in [4.69, 9.17) is 9.47 Å². The maximum Gasteiger partial charge on any atom is 0.417 e. The van der Waals surface area contributed by atoms with E-state index in [1.807, 2.05) is 0 Å². The molecule has 3 atom stereocenters. The molecule has 0 N–H and O–H groups in total. The number of rotatable bonds is 7. The van der Waals surface area contributed by atoms with Gasteiger partial charge in [-0.05, 0) is 38.1 Å². The van der Waals surface area contributed by atoms with Crippen LogP contribution >= 0.6 is 11.8 Å². The zero-order valence-corrected chi connectivity index (χ0v) is 24.4. The number of amides is 1. The Hall–Kier alpha value is -3.49. The molecule has 3 aromatic rings. The van der Waals surface area contributed by atoms with Crippen molar-refractivity contribution in [3.63, 3.8) is 0 Å². The van der Waals surface area contributed by atoms with Crippen LogP contribution < -0.4 is 10.6 Å². The van der Waals surface area contributed by atoms with Crippen molar-refractivity contribution in [1.29, 1.82) is 0 Å². The summed E-state index contributed by atoms with van der Waals surface area (Å²) in [6.07, 6.45) is -3.74. The lowest BCUT2D eigenvalue weighted by molar-refractivity contribution is -0.137. The molecule has 1 amide bonds. The smallest absolute Gasteiger partial charge is 0.359 e. The lowest BCUT2D eigenvalue weighted by Gasteiger charge is -2.45. The first kappa shape index (κ1) is 31.0. The van der Waals surface area contributed by atoms with E-state index in [-0.39, 0.29) is 65.8 Å². The molecule has 3 heterocycles. The zero-order chi connectivity index (χ0) is 31.2. The van der Waals surface area contributed by atoms with Gasteiger partial charge in [-0.1, -0.05) is 6.58 Å². The van der Waals surface area contributed by atoms with Crippen molar-refractivity contribution in [3.8, 4) is 11.1 Å². The van der Waals surface area contributed by atoms with Gasteiger partial charge in [0, 0.05) is 65.5 Å². The van der Waals surface area contributed by atoms with E-state index in [0.717, 1.165) is 30.0 Å². The van der Waals surface area contributed by atoms with Gasteiger partial charge >= 0.3 is 11.9 Å². The van der Waals surface area contributed by atoms with Crippen LogP contribution in [0.1, 0.15) is 25.5 Å². The average Bonchev–Trinajstić information content (AvgIpc) is 2.95. The first-order chi connectivity index (χ1) is 20.4. The number of alkyl halides is 3. The van der Waals surface area contributed by atoms with E-state index in [0.29, 0.717) is 6.07 Å². The maximum atomic E-state index is 15.1. The standard InChI is InChI=1S/C29H29F5N4O4S/c1-5-23(39)36-10-16(3)37(11-15(36)2)27-20-9-21(29(32,33)34)24(19-7-6-17(30)8-22(19)31)26-25(20)38(28(40)35-27)18(13-43-26)12-42-14-41-4/h5-9,15-16,18H,1,10-14H2,2-4H3/t15-,16+,18+/m1/s1. The molecule has 14 heteroatoms. The van der Waals surface area contributed by atoms with E-state index in [2.05, 4.69) is 11.6 Å². The number of aromatic nitrogens is 2. The maximum absolute atomic E-state index is 15.1. The van der Waals surface area contributed by atoms with Crippen molar-refractivity contribution < 1.29 is 36.2 Å². The molecule has 0 spiro atoms. The van der Waals surface area contributed by atoms with Gasteiger partial charge < -0.3 is 19.3 Å². The van der Waals surface area contributed by atoms with Gasteiger partial charge in [0.05, 0.1) is 23.7 Å². The molecular formula is C29H29F5N4O4S. The summed E-state index contributed by atoms with van der Waals surface area (Å²) in [7, 11) is 1.43. The highest BCUT2D eigenvalue weighted by Crippen LogP contribution is 2.50. The minimum atomic E-state index is -4.94. The summed E-state index contributed by atoms with van der Waals surface area (Å²) in [6.45, 7) is 7.45. The molecule has 0 radical (unpaired) electrons. The van der Waals surface area contributed by atoms with Gasteiger partial charge in [0.2, 0.25) is 5.91 Å². The molecule has 5 rings (SSSR count). The molecule has 0 saturated carbocycles. The number of hydrogen-bond donors (Lipinski definition) is 0. The minimum Gasteiger partial charge on any atom is -0.359 e. The van der Waals surface area contributed by atoms with Crippen LogP contribution in [-0.2, 0) is 20.4 Å². The lowest BCUT2D eigenvalue weighted by Crippen LogP contribution is -2.58. The van der Waals surface area contributed by atoms with Gasteiger partial charge in [0.15, 0.2) is 0 Å². The Kier molecular flexibility index (Phi) is 8.56. The number of piperazine rings is 1. The Balaban J connectivity index is 1.82. The van der Waals surface area contributed by atoms with E-state index < -0.39 is 52.3 Å². The predicted octanol–water partition coefficient (Wildman–Crippen LogP) is 5.24. The molecule has 0 bridgehead atoms. The van der Waals surface area contributed by atoms with Crippen molar-refractivity contribution in [3.05, 3.63) is 64.6 Å². The Morgan fingerprint density at radius 1 is 1.19 bits per heavy atom. The normalized spacial score (nSPS) is 20.5. The molecule has 0 aliphatic carbocycles. The average molecular weight is 625 g/mol. The van der Waals surface area contributed by atoms with Gasteiger partial charge in [-0.2, -0.15) is 18.2 Å². The van der Waals surface area contributed by atoms with Gasteiger partial charge in [0.25, 0.3) is 0 Å². The summed E-state index contributed by atoms with van der Waals surface area (Å²) < 4.78 is 85.0. The topological polar surface area (TPSA) is 76.9 Å². The fourth-order valence-corrected chi connectivity index (χ4v) is 7.04. The van der Waals surface area contributed by atoms with Gasteiger partial charge in [-0.3, -0.25) is 9.36 Å². The second-order valence-corrected chi connectivity index (χ2v) is 11.6. The van der Waals surface area contributed by atoms with E-state index in [1.54, 1.807) is 23.6 Å². The number of halogens is 5. The van der Waals surface area contributed by atoms with Crippen molar-refractivity contribution in [2.24, 2.45) is 0 Å². The number of nitrogens with zero attached hydrogens (tertiary/aromatic N) is 4. The predicted molar refractivity (Wildman–Crippen MR) is 152 cm³/mol.